The van der Waals surface area contributed by atoms with Crippen molar-refractivity contribution in [1.82, 2.24) is 9.80 Å². The van der Waals surface area contributed by atoms with Crippen LogP contribution in [0, 0.1) is 11.3 Å². The molecule has 0 aromatic carbocycles. The Morgan fingerprint density at radius 2 is 2.05 bits per heavy atom. The first-order chi connectivity index (χ1) is 9.95. The van der Waals surface area contributed by atoms with Gasteiger partial charge in [-0.2, -0.15) is 5.26 Å². The van der Waals surface area contributed by atoms with Crippen LogP contribution in [0.3, 0.4) is 0 Å². The second-order valence-electron chi connectivity index (χ2n) is 5.37. The predicted octanol–water partition coefficient (Wildman–Crippen LogP) is 1.30. The molecule has 118 valence electrons. The number of hydrogen-bond donors (Lipinski definition) is 1. The largest absolute Gasteiger partial charge is 0.480 e. The van der Waals surface area contributed by atoms with Crippen LogP contribution < -0.4 is 0 Å². The minimum atomic E-state index is -0.976. The predicted molar refractivity (Wildman–Crippen MR) is 75.7 cm³/mol. The monoisotopic (exact) mass is 297 g/mol. The molecule has 0 radical (unpaired) electrons. The van der Waals surface area contributed by atoms with E-state index in [4.69, 9.17) is 15.1 Å². The number of urea groups is 1. The van der Waals surface area contributed by atoms with Gasteiger partial charge in [-0.1, -0.05) is 0 Å². The number of nitrogens with zero attached hydrogens (tertiary/aromatic N) is 3. The number of nitriles is 1. The van der Waals surface area contributed by atoms with E-state index in [1.165, 1.54) is 0 Å². The number of hydrogen-bond acceptors (Lipinski definition) is 4. The molecule has 0 atom stereocenters. The molecule has 0 aliphatic carbocycles. The zero-order valence-electron chi connectivity index (χ0n) is 12.6. The number of amides is 2. The van der Waals surface area contributed by atoms with Crippen molar-refractivity contribution >= 4 is 12.0 Å². The highest BCUT2D eigenvalue weighted by atomic mass is 16.5. The first-order valence-electron chi connectivity index (χ1n) is 7.21. The van der Waals surface area contributed by atoms with E-state index in [0.29, 0.717) is 38.9 Å². The summed E-state index contributed by atoms with van der Waals surface area (Å²) in [5, 5.41) is 17.2. The number of carboxylic acid groups (broad SMARTS) is 1. The van der Waals surface area contributed by atoms with Gasteiger partial charge in [-0.05, 0) is 26.7 Å². The summed E-state index contributed by atoms with van der Waals surface area (Å²) in [7, 11) is 0. The molecule has 1 aliphatic rings. The van der Waals surface area contributed by atoms with Crippen LogP contribution in [0.2, 0.25) is 0 Å². The molecule has 21 heavy (non-hydrogen) atoms. The third-order valence-corrected chi connectivity index (χ3v) is 3.49. The van der Waals surface area contributed by atoms with Gasteiger partial charge in [0.25, 0.3) is 0 Å². The van der Waals surface area contributed by atoms with E-state index in [1.54, 1.807) is 9.80 Å². The molecule has 0 unspecified atom stereocenters. The summed E-state index contributed by atoms with van der Waals surface area (Å²) in [6.45, 7) is 5.11. The number of likely N-dealkylation sites (tertiary alicyclic amines) is 1. The average molecular weight is 297 g/mol. The van der Waals surface area contributed by atoms with Crippen LogP contribution in [-0.2, 0) is 9.53 Å². The fourth-order valence-corrected chi connectivity index (χ4v) is 2.33. The Hall–Kier alpha value is -1.81. The summed E-state index contributed by atoms with van der Waals surface area (Å²) in [5.41, 5.74) is 0. The molecule has 0 aromatic rings. The maximum atomic E-state index is 12.4. The van der Waals surface area contributed by atoms with E-state index in [1.807, 2.05) is 13.8 Å². The van der Waals surface area contributed by atoms with E-state index >= 15 is 0 Å². The number of rotatable bonds is 6. The van der Waals surface area contributed by atoms with Gasteiger partial charge >= 0.3 is 12.0 Å². The van der Waals surface area contributed by atoms with Crippen molar-refractivity contribution in [3.63, 3.8) is 0 Å². The summed E-state index contributed by atoms with van der Waals surface area (Å²) in [4.78, 5) is 26.3. The van der Waals surface area contributed by atoms with E-state index in [0.717, 1.165) is 0 Å². The molecule has 1 heterocycles. The second kappa shape index (κ2) is 8.47. The number of ether oxygens (including phenoxy) is 1. The molecule has 0 saturated carbocycles. The SMILES string of the molecule is CC(C)N(CCC#N)C(=O)N1CCC(OCC(=O)O)CC1. The van der Waals surface area contributed by atoms with Gasteiger partial charge < -0.3 is 19.6 Å². The van der Waals surface area contributed by atoms with Crippen LogP contribution in [0.5, 0.6) is 0 Å². The normalized spacial score (nSPS) is 15.8. The third-order valence-electron chi connectivity index (χ3n) is 3.49. The first-order valence-corrected chi connectivity index (χ1v) is 7.21. The summed E-state index contributed by atoms with van der Waals surface area (Å²) in [6, 6.07) is 2.05. The highest BCUT2D eigenvalue weighted by Crippen LogP contribution is 2.16. The molecule has 1 fully saturated rings. The lowest BCUT2D eigenvalue weighted by molar-refractivity contribution is -0.145. The van der Waals surface area contributed by atoms with Crippen LogP contribution in [-0.4, -0.2) is 65.3 Å². The molecule has 0 spiro atoms. The van der Waals surface area contributed by atoms with Crippen molar-refractivity contribution in [2.75, 3.05) is 26.2 Å². The van der Waals surface area contributed by atoms with Crippen LogP contribution >= 0.6 is 0 Å². The number of aliphatic carboxylic acids is 1. The average Bonchev–Trinajstić information content (AvgIpc) is 2.45. The fourth-order valence-electron chi connectivity index (χ4n) is 2.33. The lowest BCUT2D eigenvalue weighted by atomic mass is 10.1. The smallest absolute Gasteiger partial charge is 0.329 e. The van der Waals surface area contributed by atoms with Crippen LogP contribution in [0.25, 0.3) is 0 Å². The van der Waals surface area contributed by atoms with Gasteiger partial charge in [0, 0.05) is 25.7 Å². The summed E-state index contributed by atoms with van der Waals surface area (Å²) in [5.74, 6) is -0.976. The highest BCUT2D eigenvalue weighted by Gasteiger charge is 2.27. The molecule has 7 nitrogen and oxygen atoms in total. The molecular weight excluding hydrogens is 274 g/mol. The van der Waals surface area contributed by atoms with E-state index < -0.39 is 5.97 Å². The lowest BCUT2D eigenvalue weighted by Gasteiger charge is -2.37. The Kier molecular flexibility index (Phi) is 6.96. The molecular formula is C14H23N3O4. The van der Waals surface area contributed by atoms with Crippen LogP contribution in [0.1, 0.15) is 33.1 Å². The summed E-state index contributed by atoms with van der Waals surface area (Å²) in [6.07, 6.45) is 1.51. The summed E-state index contributed by atoms with van der Waals surface area (Å²) < 4.78 is 5.25. The Morgan fingerprint density at radius 1 is 1.43 bits per heavy atom. The molecule has 0 bridgehead atoms. The van der Waals surface area contributed by atoms with Gasteiger partial charge in [-0.25, -0.2) is 9.59 Å². The molecule has 1 rings (SSSR count). The zero-order valence-corrected chi connectivity index (χ0v) is 12.6. The second-order valence-corrected chi connectivity index (χ2v) is 5.37. The van der Waals surface area contributed by atoms with Crippen molar-refractivity contribution in [3.05, 3.63) is 0 Å². The molecule has 1 N–H and O–H groups in total. The highest BCUT2D eigenvalue weighted by molar-refractivity contribution is 5.75. The third kappa shape index (κ3) is 5.60. The quantitative estimate of drug-likeness (QED) is 0.797. The minimum Gasteiger partial charge on any atom is -0.480 e. The van der Waals surface area contributed by atoms with Gasteiger partial charge in [0.2, 0.25) is 0 Å². The van der Waals surface area contributed by atoms with Gasteiger partial charge in [-0.3, -0.25) is 0 Å². The van der Waals surface area contributed by atoms with Gasteiger partial charge in [0.15, 0.2) is 0 Å². The van der Waals surface area contributed by atoms with Crippen molar-refractivity contribution in [2.45, 2.75) is 45.3 Å². The van der Waals surface area contributed by atoms with E-state index in [-0.39, 0.29) is 24.8 Å². The minimum absolute atomic E-state index is 0.0480. The van der Waals surface area contributed by atoms with Crippen molar-refractivity contribution in [3.8, 4) is 6.07 Å². The Balaban J connectivity index is 2.46. The van der Waals surface area contributed by atoms with Crippen molar-refractivity contribution in [1.29, 1.82) is 5.26 Å². The van der Waals surface area contributed by atoms with Gasteiger partial charge in [-0.15, -0.1) is 0 Å². The molecule has 1 saturated heterocycles. The molecule has 0 aromatic heterocycles. The Labute approximate surface area is 125 Å². The standard InChI is InChI=1S/C14H23N3O4/c1-11(2)17(7-3-6-15)14(20)16-8-4-12(5-9-16)21-10-13(18)19/h11-12H,3-5,7-10H2,1-2H3,(H,18,19). The Bertz CT molecular complexity index is 398. The maximum absolute atomic E-state index is 12.4. The summed E-state index contributed by atoms with van der Waals surface area (Å²) >= 11 is 0. The Morgan fingerprint density at radius 3 is 2.52 bits per heavy atom. The maximum Gasteiger partial charge on any atom is 0.329 e. The topological polar surface area (TPSA) is 93.9 Å². The molecule has 1 aliphatic heterocycles. The number of carboxylic acids is 1. The van der Waals surface area contributed by atoms with E-state index in [9.17, 15) is 9.59 Å². The van der Waals surface area contributed by atoms with E-state index in [2.05, 4.69) is 6.07 Å². The van der Waals surface area contributed by atoms with Crippen molar-refractivity contribution < 1.29 is 19.4 Å². The number of piperidine rings is 1. The molecule has 7 heteroatoms. The first kappa shape index (κ1) is 17.2. The van der Waals surface area contributed by atoms with Crippen molar-refractivity contribution in [2.24, 2.45) is 0 Å². The van der Waals surface area contributed by atoms with Gasteiger partial charge in [0.1, 0.15) is 6.61 Å². The van der Waals surface area contributed by atoms with Crippen LogP contribution in [0.15, 0.2) is 0 Å². The molecule has 2 amide bonds. The zero-order chi connectivity index (χ0) is 15.8. The van der Waals surface area contributed by atoms with Gasteiger partial charge in [0.05, 0.1) is 18.6 Å². The number of carbonyl (C=O) groups excluding carboxylic acids is 1. The number of carbonyl (C=O) groups is 2. The lowest BCUT2D eigenvalue weighted by Crippen LogP contribution is -2.50. The fraction of sp³-hybridized carbons (Fsp3) is 0.786. The van der Waals surface area contributed by atoms with Crippen LogP contribution in [0.4, 0.5) is 4.79 Å².